The van der Waals surface area contributed by atoms with Crippen LogP contribution in [0.15, 0.2) is 83.6 Å². The largest absolute Gasteiger partial charge is 0.490 e. The molecule has 1 fully saturated rings. The molecular weight excluding hydrogens is 958 g/mol. The summed E-state index contributed by atoms with van der Waals surface area (Å²) in [5, 5.41) is 27.1. The molecular formula is C53H56ClN9O6S2. The van der Waals surface area contributed by atoms with E-state index in [9.17, 15) is 24.3 Å². The van der Waals surface area contributed by atoms with Crippen molar-refractivity contribution in [2.45, 2.75) is 98.8 Å². The number of benzene rings is 2. The third kappa shape index (κ3) is 10.5. The van der Waals surface area contributed by atoms with Crippen molar-refractivity contribution in [3.63, 3.8) is 0 Å². The van der Waals surface area contributed by atoms with E-state index in [0.29, 0.717) is 34.5 Å². The Kier molecular flexibility index (Phi) is 14.2. The maximum absolute atomic E-state index is 14.4. The van der Waals surface area contributed by atoms with Gasteiger partial charge in [-0.1, -0.05) is 68.8 Å². The Morgan fingerprint density at radius 1 is 0.930 bits per heavy atom. The van der Waals surface area contributed by atoms with Gasteiger partial charge in [-0.3, -0.25) is 28.7 Å². The van der Waals surface area contributed by atoms with Crippen LogP contribution in [0.3, 0.4) is 0 Å². The molecule has 1 aliphatic heterocycles. The first kappa shape index (κ1) is 49.6. The highest BCUT2D eigenvalue weighted by Crippen LogP contribution is 2.41. The van der Waals surface area contributed by atoms with Crippen LogP contribution in [0.1, 0.15) is 107 Å². The summed E-state index contributed by atoms with van der Waals surface area (Å²) in [6, 6.07) is 17.5. The molecule has 368 valence electrons. The number of aromatic nitrogens is 6. The number of ketones is 2. The number of fused-ring (bicyclic) bond motifs is 4. The number of halogens is 1. The van der Waals surface area contributed by atoms with Gasteiger partial charge in [-0.05, 0) is 93.3 Å². The average Bonchev–Trinajstić information content (AvgIpc) is 4.18. The van der Waals surface area contributed by atoms with Gasteiger partial charge in [0, 0.05) is 45.5 Å². The first-order valence-electron chi connectivity index (χ1n) is 23.7. The van der Waals surface area contributed by atoms with Gasteiger partial charge >= 0.3 is 0 Å². The number of aliphatic imine (C=N–C) groups is 1. The van der Waals surface area contributed by atoms with Gasteiger partial charge in [-0.2, -0.15) is 0 Å². The van der Waals surface area contributed by atoms with Gasteiger partial charge < -0.3 is 24.9 Å². The van der Waals surface area contributed by atoms with Gasteiger partial charge in [0.05, 0.1) is 53.1 Å². The van der Waals surface area contributed by atoms with E-state index in [2.05, 4.69) is 44.6 Å². The number of Topliss-reactive ketones (excluding diaryl/α,β-unsaturated/α-hetero) is 2. The highest BCUT2D eigenvalue weighted by Gasteiger charge is 2.46. The van der Waals surface area contributed by atoms with Crippen molar-refractivity contribution in [3.8, 4) is 21.2 Å². The second-order valence-electron chi connectivity index (χ2n) is 19.5. The summed E-state index contributed by atoms with van der Waals surface area (Å²) in [5.41, 5.74) is 8.49. The van der Waals surface area contributed by atoms with E-state index in [0.717, 1.165) is 54.0 Å². The molecule has 2 aromatic carbocycles. The van der Waals surface area contributed by atoms with Crippen LogP contribution in [0.4, 0.5) is 0 Å². The number of aliphatic hydroxyl groups excluding tert-OH is 1. The molecule has 3 unspecified atom stereocenters. The van der Waals surface area contributed by atoms with Gasteiger partial charge in [0.25, 0.3) is 5.91 Å². The highest BCUT2D eigenvalue weighted by atomic mass is 35.5. The molecule has 9 rings (SSSR count). The number of carbonyl (C=O) groups excluding carboxylic acids is 4. The van der Waals surface area contributed by atoms with E-state index in [-0.39, 0.29) is 62.0 Å². The number of imidazole rings is 1. The summed E-state index contributed by atoms with van der Waals surface area (Å²) < 4.78 is 9.69. The van der Waals surface area contributed by atoms with Crippen LogP contribution in [-0.2, 0) is 20.8 Å². The Labute approximate surface area is 424 Å². The fourth-order valence-corrected chi connectivity index (χ4v) is 11.7. The third-order valence-corrected chi connectivity index (χ3v) is 15.9. The predicted octanol–water partition coefficient (Wildman–Crippen LogP) is 8.77. The molecule has 1 saturated carbocycles. The Hall–Kier alpha value is -6.40. The quantitative estimate of drug-likeness (QED) is 0.0788. The summed E-state index contributed by atoms with van der Waals surface area (Å²) >= 11 is 9.49. The number of ether oxygens (including phenoxy) is 1. The Balaban J connectivity index is 0.809. The lowest BCUT2D eigenvalue weighted by Crippen LogP contribution is -2.52. The molecule has 3 N–H and O–H groups in total. The van der Waals surface area contributed by atoms with E-state index < -0.39 is 41.3 Å². The number of carbonyl (C=O) groups is 4. The molecule has 0 saturated heterocycles. The molecule has 2 amide bonds. The molecule has 5 aromatic heterocycles. The van der Waals surface area contributed by atoms with E-state index in [1.54, 1.807) is 51.6 Å². The fourth-order valence-electron chi connectivity index (χ4n) is 9.58. The smallest absolute Gasteiger partial charge is 0.272 e. The first-order valence-corrected chi connectivity index (χ1v) is 25.8. The number of rotatable bonds is 16. The second kappa shape index (κ2) is 20.4. The molecule has 0 spiro atoms. The summed E-state index contributed by atoms with van der Waals surface area (Å²) in [4.78, 5) is 71.8. The van der Waals surface area contributed by atoms with E-state index in [4.69, 9.17) is 21.3 Å². The van der Waals surface area contributed by atoms with Crippen molar-refractivity contribution in [2.75, 3.05) is 13.2 Å². The van der Waals surface area contributed by atoms with Crippen LogP contribution in [0.25, 0.3) is 21.1 Å². The lowest BCUT2D eigenvalue weighted by Gasteiger charge is -2.33. The minimum absolute atomic E-state index is 0.0296. The molecule has 2 aliphatic rings. The number of hydrogen-bond acceptors (Lipinski definition) is 13. The number of nitrogens with zero attached hydrogens (tertiary/aromatic N) is 7. The number of aliphatic hydroxyl groups is 1. The minimum atomic E-state index is -0.952. The average molecular weight is 1010 g/mol. The monoisotopic (exact) mass is 1010 g/mol. The number of nitrogens with one attached hydrogen (secondary N) is 2. The molecule has 71 heavy (non-hydrogen) atoms. The van der Waals surface area contributed by atoms with Gasteiger partial charge in [0.1, 0.15) is 46.3 Å². The van der Waals surface area contributed by atoms with Gasteiger partial charge in [-0.25, -0.2) is 9.97 Å². The maximum atomic E-state index is 14.4. The predicted molar refractivity (Wildman–Crippen MR) is 275 cm³/mol. The van der Waals surface area contributed by atoms with Crippen molar-refractivity contribution in [2.24, 2.45) is 22.2 Å². The number of thiazole rings is 1. The zero-order valence-electron chi connectivity index (χ0n) is 40.7. The number of aryl methyl sites for hydroxylation is 4. The lowest BCUT2D eigenvalue weighted by atomic mass is 9.76. The fraction of sp³-hybridized carbons (Fsp3) is 0.377. The zero-order chi connectivity index (χ0) is 50.3. The Morgan fingerprint density at radius 3 is 2.38 bits per heavy atom. The van der Waals surface area contributed by atoms with Crippen molar-refractivity contribution in [1.82, 2.24) is 39.8 Å². The first-order chi connectivity index (χ1) is 33.9. The topological polar surface area (TPSA) is 195 Å². The van der Waals surface area contributed by atoms with Gasteiger partial charge in [0.2, 0.25) is 5.91 Å². The van der Waals surface area contributed by atoms with Crippen LogP contribution in [-0.4, -0.2) is 88.6 Å². The van der Waals surface area contributed by atoms with Crippen molar-refractivity contribution < 1.29 is 29.0 Å². The molecule has 18 heteroatoms. The Bertz CT molecular complexity index is 3180. The van der Waals surface area contributed by atoms with E-state index in [1.807, 2.05) is 93.2 Å². The zero-order valence-corrected chi connectivity index (χ0v) is 43.0. The lowest BCUT2D eigenvalue weighted by molar-refractivity contribution is -0.133. The summed E-state index contributed by atoms with van der Waals surface area (Å²) in [6.45, 7) is 14.0. The molecule has 6 heterocycles. The number of hydrogen-bond donors (Lipinski definition) is 3. The molecule has 15 nitrogen and oxygen atoms in total. The minimum Gasteiger partial charge on any atom is -0.490 e. The van der Waals surface area contributed by atoms with Gasteiger partial charge in [0.15, 0.2) is 11.6 Å². The molecule has 0 radical (unpaired) electrons. The summed E-state index contributed by atoms with van der Waals surface area (Å²) in [5.74, 6) is -0.736. The molecule has 0 bridgehead atoms. The molecule has 5 atom stereocenters. The van der Waals surface area contributed by atoms with Crippen LogP contribution in [0.2, 0.25) is 5.02 Å². The number of pyridine rings is 1. The second-order valence-corrected chi connectivity index (χ2v) is 22.0. The number of amides is 2. The molecule has 1 aliphatic carbocycles. The Morgan fingerprint density at radius 2 is 1.66 bits per heavy atom. The van der Waals surface area contributed by atoms with Crippen LogP contribution in [0, 0.1) is 44.9 Å². The summed E-state index contributed by atoms with van der Waals surface area (Å²) in [7, 11) is 0. The van der Waals surface area contributed by atoms with Crippen LogP contribution >= 0.6 is 34.3 Å². The SMILES string of the molecule is Cc1ncsc1-c1ccc(CCC(=O)[C@@H]2CC(O)CC2C(=O)[C@@H](NC(=O)c2cn3cc(OCCNC(=O)CC4N=C(c5ccc(Cl)cc5)c5c(sc(C)c5C)-n5c(C)nnc54)ccc3n2)C(C)(C)C)cc1. The van der Waals surface area contributed by atoms with Crippen LogP contribution in [0.5, 0.6) is 5.75 Å². The highest BCUT2D eigenvalue weighted by molar-refractivity contribution is 7.15. The van der Waals surface area contributed by atoms with Crippen molar-refractivity contribution in [3.05, 3.63) is 134 Å². The van der Waals surface area contributed by atoms with Crippen molar-refractivity contribution >= 4 is 69.0 Å². The normalized spacial score (nSPS) is 18.1. The van der Waals surface area contributed by atoms with E-state index in [1.165, 1.54) is 0 Å². The van der Waals surface area contributed by atoms with Crippen molar-refractivity contribution in [1.29, 1.82) is 0 Å². The maximum Gasteiger partial charge on any atom is 0.272 e. The number of thiophene rings is 1. The van der Waals surface area contributed by atoms with E-state index >= 15 is 0 Å². The summed E-state index contributed by atoms with van der Waals surface area (Å²) in [6.07, 6.45) is 3.59. The van der Waals surface area contributed by atoms with Crippen LogP contribution < -0.4 is 15.4 Å². The van der Waals surface area contributed by atoms with Gasteiger partial charge in [-0.15, -0.1) is 32.9 Å². The third-order valence-electron chi connectivity index (χ3n) is 13.4. The standard InChI is InChI=1S/C53H56ClN9O6S2/c1-28-30(3)71-52-45(28)46(33-13-15-35(54)16-14-33)58-40(50-61-60-31(4)63(50)52)24-44(66)55-20-21-69-37-17-19-43-57-41(26-62(43)25-37)51(68)59-49(53(5,6)7)47(67)39-23-36(64)22-38(39)42(65)18-10-32-8-11-34(12-9-32)48-29(2)56-27-70-48/h8-9,11-17,19,25-27,36,38-40,49,64H,10,18,20-24H2,1-7H3,(H,55,66)(H,59,68)/t36?,38-,39?,40?,49-/m1/s1. The molecule has 7 aromatic rings.